The lowest BCUT2D eigenvalue weighted by atomic mass is 9.90. The molecule has 0 aromatic carbocycles. The first-order valence-corrected chi connectivity index (χ1v) is 6.31. The standard InChI is InChI=1S/C12H19ClN2O/c1-9-4-3-6-12(16,7-5-9)11-10(13)8-14-15(11)2/h8-9,16H,3-7H2,1-2H3. The molecule has 1 heterocycles. The number of aromatic nitrogens is 2. The third-order valence-electron chi connectivity index (χ3n) is 3.67. The van der Waals surface area contributed by atoms with Gasteiger partial charge in [0, 0.05) is 7.05 Å². The smallest absolute Gasteiger partial charge is 0.108 e. The van der Waals surface area contributed by atoms with E-state index in [9.17, 15) is 5.11 Å². The van der Waals surface area contributed by atoms with Gasteiger partial charge in [0.15, 0.2) is 0 Å². The molecule has 1 aromatic heterocycles. The fraction of sp³-hybridized carbons (Fsp3) is 0.750. The molecule has 0 bridgehead atoms. The summed E-state index contributed by atoms with van der Waals surface area (Å²) < 4.78 is 1.71. The predicted octanol–water partition coefficient (Wildman–Crippen LogP) is 2.86. The largest absolute Gasteiger partial charge is 0.384 e. The third-order valence-corrected chi connectivity index (χ3v) is 3.95. The van der Waals surface area contributed by atoms with Gasteiger partial charge < -0.3 is 5.11 Å². The zero-order valence-corrected chi connectivity index (χ0v) is 10.7. The van der Waals surface area contributed by atoms with Crippen LogP contribution in [0.2, 0.25) is 5.02 Å². The Balaban J connectivity index is 2.30. The van der Waals surface area contributed by atoms with Gasteiger partial charge in [0.1, 0.15) is 5.60 Å². The van der Waals surface area contributed by atoms with Crippen LogP contribution in [0.1, 0.15) is 44.7 Å². The molecular weight excluding hydrogens is 224 g/mol. The Morgan fingerprint density at radius 2 is 2.25 bits per heavy atom. The topological polar surface area (TPSA) is 38.1 Å². The van der Waals surface area contributed by atoms with E-state index in [0.717, 1.165) is 31.4 Å². The highest BCUT2D eigenvalue weighted by atomic mass is 35.5. The van der Waals surface area contributed by atoms with Crippen LogP contribution in [0.25, 0.3) is 0 Å². The van der Waals surface area contributed by atoms with Gasteiger partial charge in [-0.25, -0.2) is 0 Å². The van der Waals surface area contributed by atoms with Crippen LogP contribution in [-0.2, 0) is 12.6 Å². The number of aryl methyl sites for hydroxylation is 1. The molecule has 1 N–H and O–H groups in total. The van der Waals surface area contributed by atoms with Gasteiger partial charge in [-0.2, -0.15) is 5.10 Å². The fourth-order valence-electron chi connectivity index (χ4n) is 2.67. The molecule has 1 aliphatic carbocycles. The van der Waals surface area contributed by atoms with Gasteiger partial charge in [0.2, 0.25) is 0 Å². The maximum atomic E-state index is 10.7. The van der Waals surface area contributed by atoms with Gasteiger partial charge in [0.05, 0.1) is 16.9 Å². The Bertz CT molecular complexity index is 358. The van der Waals surface area contributed by atoms with Gasteiger partial charge in [-0.05, 0) is 31.6 Å². The third kappa shape index (κ3) is 2.11. The van der Waals surface area contributed by atoms with Crippen molar-refractivity contribution >= 4 is 11.6 Å². The quantitative estimate of drug-likeness (QED) is 0.769. The Morgan fingerprint density at radius 3 is 2.88 bits per heavy atom. The molecule has 1 aromatic rings. The zero-order chi connectivity index (χ0) is 11.8. The van der Waals surface area contributed by atoms with E-state index in [4.69, 9.17) is 11.6 Å². The average molecular weight is 243 g/mol. The summed E-state index contributed by atoms with van der Waals surface area (Å²) in [5, 5.41) is 15.4. The first kappa shape index (κ1) is 11.9. The summed E-state index contributed by atoms with van der Waals surface area (Å²) in [6.07, 6.45) is 6.49. The van der Waals surface area contributed by atoms with E-state index in [1.807, 2.05) is 7.05 Å². The summed E-state index contributed by atoms with van der Waals surface area (Å²) in [5.74, 6) is 0.695. The van der Waals surface area contributed by atoms with Crippen LogP contribution in [0.5, 0.6) is 0 Å². The minimum Gasteiger partial charge on any atom is -0.384 e. The molecule has 0 amide bonds. The maximum Gasteiger partial charge on any atom is 0.108 e. The van der Waals surface area contributed by atoms with Crippen molar-refractivity contribution in [3.05, 3.63) is 16.9 Å². The second kappa shape index (κ2) is 4.38. The van der Waals surface area contributed by atoms with Crippen molar-refractivity contribution < 1.29 is 5.11 Å². The van der Waals surface area contributed by atoms with Crippen LogP contribution in [0.4, 0.5) is 0 Å². The highest BCUT2D eigenvalue weighted by Crippen LogP contribution is 2.40. The first-order chi connectivity index (χ1) is 7.53. The highest BCUT2D eigenvalue weighted by Gasteiger charge is 2.36. The molecule has 1 aliphatic rings. The van der Waals surface area contributed by atoms with Crippen LogP contribution in [0, 0.1) is 5.92 Å². The van der Waals surface area contributed by atoms with Crippen molar-refractivity contribution in [2.75, 3.05) is 0 Å². The summed E-state index contributed by atoms with van der Waals surface area (Å²) in [6.45, 7) is 2.25. The Hall–Kier alpha value is -0.540. The summed E-state index contributed by atoms with van der Waals surface area (Å²) >= 11 is 6.11. The second-order valence-electron chi connectivity index (χ2n) is 5.03. The normalized spacial score (nSPS) is 31.4. The first-order valence-electron chi connectivity index (χ1n) is 5.93. The zero-order valence-electron chi connectivity index (χ0n) is 9.91. The number of rotatable bonds is 1. The van der Waals surface area contributed by atoms with E-state index in [-0.39, 0.29) is 0 Å². The minimum absolute atomic E-state index is 0.583. The molecule has 0 saturated heterocycles. The van der Waals surface area contributed by atoms with Gasteiger partial charge >= 0.3 is 0 Å². The molecular formula is C12H19ClN2O. The highest BCUT2D eigenvalue weighted by molar-refractivity contribution is 6.31. The van der Waals surface area contributed by atoms with E-state index < -0.39 is 5.60 Å². The molecule has 2 unspecified atom stereocenters. The maximum absolute atomic E-state index is 10.7. The average Bonchev–Trinajstić information content (AvgIpc) is 2.46. The SMILES string of the molecule is CC1CCCC(O)(c2c(Cl)cnn2C)CC1. The molecule has 0 aliphatic heterocycles. The van der Waals surface area contributed by atoms with Crippen molar-refractivity contribution in [2.24, 2.45) is 13.0 Å². The molecule has 1 fully saturated rings. The van der Waals surface area contributed by atoms with Crippen LogP contribution >= 0.6 is 11.6 Å². The molecule has 2 rings (SSSR count). The van der Waals surface area contributed by atoms with E-state index in [1.165, 1.54) is 6.42 Å². The molecule has 4 heteroatoms. The van der Waals surface area contributed by atoms with Crippen molar-refractivity contribution in [3.8, 4) is 0 Å². The number of halogens is 1. The number of nitrogens with zero attached hydrogens (tertiary/aromatic N) is 2. The lowest BCUT2D eigenvalue weighted by Gasteiger charge is -2.27. The molecule has 3 nitrogen and oxygen atoms in total. The van der Waals surface area contributed by atoms with Crippen molar-refractivity contribution in [3.63, 3.8) is 0 Å². The monoisotopic (exact) mass is 242 g/mol. The molecule has 1 saturated carbocycles. The number of hydrogen-bond donors (Lipinski definition) is 1. The van der Waals surface area contributed by atoms with Gasteiger partial charge in [-0.3, -0.25) is 4.68 Å². The van der Waals surface area contributed by atoms with Crippen LogP contribution in [-0.4, -0.2) is 14.9 Å². The van der Waals surface area contributed by atoms with E-state index >= 15 is 0 Å². The number of aliphatic hydroxyl groups is 1. The Labute approximate surface area is 101 Å². The Morgan fingerprint density at radius 1 is 1.50 bits per heavy atom. The van der Waals surface area contributed by atoms with Gasteiger partial charge in [0.25, 0.3) is 0 Å². The molecule has 2 atom stereocenters. The molecule has 0 radical (unpaired) electrons. The van der Waals surface area contributed by atoms with Crippen molar-refractivity contribution in [1.82, 2.24) is 9.78 Å². The van der Waals surface area contributed by atoms with Crippen molar-refractivity contribution in [2.45, 2.75) is 44.6 Å². The molecule has 0 spiro atoms. The summed E-state index contributed by atoms with van der Waals surface area (Å²) in [5.41, 5.74) is -0.00383. The second-order valence-corrected chi connectivity index (χ2v) is 5.44. The fourth-order valence-corrected chi connectivity index (χ4v) is 3.01. The van der Waals surface area contributed by atoms with E-state index in [0.29, 0.717) is 10.9 Å². The number of hydrogen-bond acceptors (Lipinski definition) is 2. The minimum atomic E-state index is -0.785. The van der Waals surface area contributed by atoms with E-state index in [2.05, 4.69) is 12.0 Å². The van der Waals surface area contributed by atoms with Gasteiger partial charge in [-0.15, -0.1) is 0 Å². The predicted molar refractivity (Wildman–Crippen MR) is 64.4 cm³/mol. The van der Waals surface area contributed by atoms with Crippen LogP contribution in [0.15, 0.2) is 6.20 Å². The summed E-state index contributed by atoms with van der Waals surface area (Å²) in [7, 11) is 1.84. The molecule has 90 valence electrons. The lowest BCUT2D eigenvalue weighted by Crippen LogP contribution is -2.28. The van der Waals surface area contributed by atoms with Crippen molar-refractivity contribution in [1.29, 1.82) is 0 Å². The molecule has 16 heavy (non-hydrogen) atoms. The van der Waals surface area contributed by atoms with Gasteiger partial charge in [-0.1, -0.05) is 24.9 Å². The van der Waals surface area contributed by atoms with Crippen LogP contribution < -0.4 is 0 Å². The summed E-state index contributed by atoms with van der Waals surface area (Å²) in [4.78, 5) is 0. The van der Waals surface area contributed by atoms with E-state index in [1.54, 1.807) is 10.9 Å². The summed E-state index contributed by atoms with van der Waals surface area (Å²) in [6, 6.07) is 0. The van der Waals surface area contributed by atoms with Crippen LogP contribution in [0.3, 0.4) is 0 Å². The Kier molecular flexibility index (Phi) is 3.27. The lowest BCUT2D eigenvalue weighted by molar-refractivity contribution is 0.0120.